The van der Waals surface area contributed by atoms with Gasteiger partial charge in [-0.15, -0.1) is 0 Å². The van der Waals surface area contributed by atoms with Crippen LogP contribution in [-0.2, 0) is 9.59 Å². The minimum absolute atomic E-state index is 0.287. The molecule has 0 aromatic heterocycles. The van der Waals surface area contributed by atoms with Gasteiger partial charge in [0.1, 0.15) is 0 Å². The van der Waals surface area contributed by atoms with Crippen LogP contribution in [0.5, 0.6) is 0 Å². The Morgan fingerprint density at radius 1 is 1.67 bits per heavy atom. The summed E-state index contributed by atoms with van der Waals surface area (Å²) in [6.07, 6.45) is 2.24. The second-order valence-corrected chi connectivity index (χ2v) is 1.76. The van der Waals surface area contributed by atoms with Crippen LogP contribution in [0, 0.1) is 0 Å². The Kier molecular flexibility index (Phi) is 4.78. The van der Waals surface area contributed by atoms with Crippen LogP contribution in [0.3, 0.4) is 0 Å². The zero-order chi connectivity index (χ0) is 7.11. The van der Waals surface area contributed by atoms with Crippen LogP contribution < -0.4 is 5.32 Å². The highest BCUT2D eigenvalue weighted by Gasteiger charge is 1.92. The molecule has 0 aliphatic carbocycles. The van der Waals surface area contributed by atoms with Gasteiger partial charge < -0.3 is 5.32 Å². The van der Waals surface area contributed by atoms with E-state index in [1.807, 2.05) is 6.92 Å². The lowest BCUT2D eigenvalue weighted by Crippen LogP contribution is -2.24. The molecule has 0 aromatic carbocycles. The summed E-state index contributed by atoms with van der Waals surface area (Å²) in [6, 6.07) is 0. The lowest BCUT2D eigenvalue weighted by Gasteiger charge is -1.95. The zero-order valence-corrected chi connectivity index (χ0v) is 5.52. The van der Waals surface area contributed by atoms with Gasteiger partial charge in [0.15, 0.2) is 0 Å². The fraction of sp³-hybridized carbons (Fsp3) is 0.667. The molecule has 0 spiro atoms. The molecule has 0 radical (unpaired) electrons. The van der Waals surface area contributed by atoms with E-state index >= 15 is 0 Å². The van der Waals surface area contributed by atoms with Crippen molar-refractivity contribution in [1.29, 1.82) is 0 Å². The third kappa shape index (κ3) is 5.00. The SMILES string of the molecule is CCCCNC(=O)C=O. The molecule has 0 saturated heterocycles. The van der Waals surface area contributed by atoms with Gasteiger partial charge in [-0.1, -0.05) is 13.3 Å². The van der Waals surface area contributed by atoms with Crippen molar-refractivity contribution >= 4 is 12.2 Å². The molecule has 0 atom stereocenters. The summed E-state index contributed by atoms with van der Waals surface area (Å²) in [7, 11) is 0. The number of unbranched alkanes of at least 4 members (excludes halogenated alkanes) is 1. The van der Waals surface area contributed by atoms with E-state index in [1.54, 1.807) is 0 Å². The second-order valence-electron chi connectivity index (χ2n) is 1.76. The molecule has 0 unspecified atom stereocenters. The average molecular weight is 129 g/mol. The van der Waals surface area contributed by atoms with Crippen molar-refractivity contribution in [3.63, 3.8) is 0 Å². The van der Waals surface area contributed by atoms with Gasteiger partial charge in [0.05, 0.1) is 0 Å². The van der Waals surface area contributed by atoms with Crippen molar-refractivity contribution in [2.24, 2.45) is 0 Å². The molecule has 0 saturated carbocycles. The predicted molar refractivity (Wildman–Crippen MR) is 34.0 cm³/mol. The number of amides is 1. The van der Waals surface area contributed by atoms with Gasteiger partial charge in [0.2, 0.25) is 6.29 Å². The first-order valence-electron chi connectivity index (χ1n) is 3.04. The summed E-state index contributed by atoms with van der Waals surface area (Å²) in [6.45, 7) is 2.63. The maximum absolute atomic E-state index is 10.2. The third-order valence-corrected chi connectivity index (χ3v) is 0.937. The molecule has 3 heteroatoms. The smallest absolute Gasteiger partial charge is 0.284 e. The number of rotatable bonds is 4. The van der Waals surface area contributed by atoms with Crippen molar-refractivity contribution in [2.75, 3.05) is 6.54 Å². The van der Waals surface area contributed by atoms with E-state index in [2.05, 4.69) is 5.32 Å². The minimum Gasteiger partial charge on any atom is -0.350 e. The van der Waals surface area contributed by atoms with Crippen molar-refractivity contribution in [3.8, 4) is 0 Å². The van der Waals surface area contributed by atoms with Crippen LogP contribution in [0.4, 0.5) is 0 Å². The Hall–Kier alpha value is -0.860. The highest BCUT2D eigenvalue weighted by atomic mass is 16.2. The van der Waals surface area contributed by atoms with Crippen LogP contribution in [0.2, 0.25) is 0 Å². The van der Waals surface area contributed by atoms with Gasteiger partial charge in [-0.3, -0.25) is 9.59 Å². The van der Waals surface area contributed by atoms with E-state index in [9.17, 15) is 9.59 Å². The summed E-state index contributed by atoms with van der Waals surface area (Å²) < 4.78 is 0. The molecule has 0 aliphatic rings. The standard InChI is InChI=1S/C6H11NO2/c1-2-3-4-7-6(9)5-8/h5H,2-4H2,1H3,(H,7,9). The van der Waals surface area contributed by atoms with E-state index in [0.29, 0.717) is 6.54 Å². The number of carbonyl (C=O) groups is 2. The van der Waals surface area contributed by atoms with Crippen molar-refractivity contribution in [1.82, 2.24) is 5.32 Å². The van der Waals surface area contributed by atoms with Crippen LogP contribution in [-0.4, -0.2) is 18.7 Å². The molecule has 0 rings (SSSR count). The summed E-state index contributed by atoms with van der Waals surface area (Å²) >= 11 is 0. The molecule has 52 valence electrons. The van der Waals surface area contributed by atoms with E-state index in [0.717, 1.165) is 12.8 Å². The Labute approximate surface area is 54.4 Å². The van der Waals surface area contributed by atoms with Crippen LogP contribution in [0.25, 0.3) is 0 Å². The summed E-state index contributed by atoms with van der Waals surface area (Å²) in [5, 5.41) is 2.43. The zero-order valence-electron chi connectivity index (χ0n) is 5.52. The normalized spacial score (nSPS) is 8.56. The van der Waals surface area contributed by atoms with Gasteiger partial charge in [0.25, 0.3) is 5.91 Å². The van der Waals surface area contributed by atoms with Crippen LogP contribution in [0.1, 0.15) is 19.8 Å². The van der Waals surface area contributed by atoms with E-state index in [1.165, 1.54) is 0 Å². The van der Waals surface area contributed by atoms with Gasteiger partial charge in [-0.2, -0.15) is 0 Å². The first kappa shape index (κ1) is 8.14. The number of nitrogens with one attached hydrogen (secondary N) is 1. The highest BCUT2D eigenvalue weighted by molar-refractivity contribution is 6.23. The Bertz CT molecular complexity index is 101. The second kappa shape index (κ2) is 5.28. The minimum atomic E-state index is -0.525. The molecule has 0 heterocycles. The average Bonchev–Trinajstić information content (AvgIpc) is 1.89. The first-order valence-corrected chi connectivity index (χ1v) is 3.04. The molecular weight excluding hydrogens is 118 g/mol. The summed E-state index contributed by atoms with van der Waals surface area (Å²) in [4.78, 5) is 19.9. The van der Waals surface area contributed by atoms with Gasteiger partial charge in [-0.05, 0) is 6.42 Å². The monoisotopic (exact) mass is 129 g/mol. The molecule has 0 aliphatic heterocycles. The third-order valence-electron chi connectivity index (χ3n) is 0.937. The lowest BCUT2D eigenvalue weighted by atomic mass is 10.3. The molecule has 3 nitrogen and oxygen atoms in total. The Balaban J connectivity index is 3.07. The quantitative estimate of drug-likeness (QED) is 0.332. The maximum atomic E-state index is 10.2. The van der Waals surface area contributed by atoms with Crippen molar-refractivity contribution in [3.05, 3.63) is 0 Å². The van der Waals surface area contributed by atoms with Gasteiger partial charge >= 0.3 is 0 Å². The van der Waals surface area contributed by atoms with Crippen LogP contribution >= 0.6 is 0 Å². The summed E-state index contributed by atoms with van der Waals surface area (Å²) in [5.41, 5.74) is 0. The van der Waals surface area contributed by atoms with Crippen molar-refractivity contribution in [2.45, 2.75) is 19.8 Å². The number of hydrogen-bond donors (Lipinski definition) is 1. The molecule has 9 heavy (non-hydrogen) atoms. The first-order chi connectivity index (χ1) is 4.31. The Morgan fingerprint density at radius 2 is 2.33 bits per heavy atom. The highest BCUT2D eigenvalue weighted by Crippen LogP contribution is 1.80. The van der Waals surface area contributed by atoms with E-state index in [4.69, 9.17) is 0 Å². The van der Waals surface area contributed by atoms with E-state index < -0.39 is 5.91 Å². The molecular formula is C6H11NO2. The molecule has 0 aromatic rings. The summed E-state index contributed by atoms with van der Waals surface area (Å²) in [5.74, 6) is -0.525. The topological polar surface area (TPSA) is 46.2 Å². The number of hydrogen-bond acceptors (Lipinski definition) is 2. The van der Waals surface area contributed by atoms with Gasteiger partial charge in [0, 0.05) is 6.54 Å². The largest absolute Gasteiger partial charge is 0.350 e. The number of aldehydes is 1. The van der Waals surface area contributed by atoms with Gasteiger partial charge in [-0.25, -0.2) is 0 Å². The van der Waals surface area contributed by atoms with Crippen molar-refractivity contribution < 1.29 is 9.59 Å². The molecule has 0 bridgehead atoms. The van der Waals surface area contributed by atoms with E-state index in [-0.39, 0.29) is 6.29 Å². The molecule has 1 N–H and O–H groups in total. The predicted octanol–water partition coefficient (Wildman–Crippen LogP) is 0.102. The lowest BCUT2D eigenvalue weighted by molar-refractivity contribution is -0.131. The number of carbonyl (C=O) groups excluding carboxylic acids is 2. The molecule has 0 fully saturated rings. The fourth-order valence-corrected chi connectivity index (χ4v) is 0.430. The molecule has 1 amide bonds. The van der Waals surface area contributed by atoms with Crippen LogP contribution in [0.15, 0.2) is 0 Å². The Morgan fingerprint density at radius 3 is 2.78 bits per heavy atom. The fourth-order valence-electron chi connectivity index (χ4n) is 0.430. The maximum Gasteiger partial charge on any atom is 0.284 e.